The average molecular weight is 336 g/mol. The lowest BCUT2D eigenvalue weighted by Gasteiger charge is -2.09. The molecule has 122 valence electrons. The van der Waals surface area contributed by atoms with Crippen molar-refractivity contribution in [1.29, 1.82) is 0 Å². The SMILES string of the molecule is Cc1oc(-c2c(F)ccc3c2nc(Cl)n3C(C)C)nc1C(C)C. The third kappa shape index (κ3) is 2.53. The number of imidazole rings is 1. The molecule has 2 aromatic heterocycles. The zero-order valence-corrected chi connectivity index (χ0v) is 14.6. The lowest BCUT2D eigenvalue weighted by atomic mass is 10.1. The fourth-order valence-electron chi connectivity index (χ4n) is 2.85. The van der Waals surface area contributed by atoms with Crippen LogP contribution in [0.4, 0.5) is 4.39 Å². The van der Waals surface area contributed by atoms with E-state index in [9.17, 15) is 4.39 Å². The summed E-state index contributed by atoms with van der Waals surface area (Å²) in [6.07, 6.45) is 0. The number of hydrogen-bond donors (Lipinski definition) is 0. The number of nitrogens with zero attached hydrogens (tertiary/aromatic N) is 3. The number of oxazole rings is 1. The number of fused-ring (bicyclic) bond motifs is 1. The number of hydrogen-bond acceptors (Lipinski definition) is 3. The molecule has 0 aliphatic carbocycles. The standard InChI is InChI=1S/C17H19ClFN3O/c1-8(2)14-10(5)23-16(20-14)13-11(19)6-7-12-15(13)21-17(18)22(12)9(3)4/h6-9H,1-5H3. The fraction of sp³-hybridized carbons (Fsp3) is 0.412. The molecule has 2 heterocycles. The Kier molecular flexibility index (Phi) is 3.92. The van der Waals surface area contributed by atoms with Gasteiger partial charge >= 0.3 is 0 Å². The van der Waals surface area contributed by atoms with E-state index in [0.29, 0.717) is 16.6 Å². The van der Waals surface area contributed by atoms with Gasteiger partial charge in [-0.15, -0.1) is 0 Å². The van der Waals surface area contributed by atoms with Crippen molar-refractivity contribution in [2.75, 3.05) is 0 Å². The third-order valence-corrected chi connectivity index (χ3v) is 4.14. The molecule has 0 amide bonds. The van der Waals surface area contributed by atoms with E-state index in [1.54, 1.807) is 6.07 Å². The molecule has 0 aliphatic rings. The Balaban J connectivity index is 2.31. The monoisotopic (exact) mass is 335 g/mol. The maximum Gasteiger partial charge on any atom is 0.231 e. The highest BCUT2D eigenvalue weighted by molar-refractivity contribution is 6.29. The van der Waals surface area contributed by atoms with Crippen LogP contribution >= 0.6 is 11.6 Å². The van der Waals surface area contributed by atoms with E-state index in [1.165, 1.54) is 6.07 Å². The molecule has 0 spiro atoms. The van der Waals surface area contributed by atoms with Gasteiger partial charge in [0.05, 0.1) is 11.2 Å². The number of aromatic nitrogens is 3. The third-order valence-electron chi connectivity index (χ3n) is 3.88. The molecule has 0 aliphatic heterocycles. The van der Waals surface area contributed by atoms with Crippen LogP contribution in [0.5, 0.6) is 0 Å². The van der Waals surface area contributed by atoms with Crippen LogP contribution < -0.4 is 0 Å². The van der Waals surface area contributed by atoms with Crippen LogP contribution in [0.2, 0.25) is 5.28 Å². The van der Waals surface area contributed by atoms with Crippen LogP contribution in [-0.2, 0) is 0 Å². The first-order valence-corrected chi connectivity index (χ1v) is 8.02. The fourth-order valence-corrected chi connectivity index (χ4v) is 3.22. The summed E-state index contributed by atoms with van der Waals surface area (Å²) in [5, 5.41) is 0.328. The van der Waals surface area contributed by atoms with Crippen molar-refractivity contribution < 1.29 is 8.81 Å². The Morgan fingerprint density at radius 2 is 1.87 bits per heavy atom. The molecule has 1 aromatic carbocycles. The van der Waals surface area contributed by atoms with E-state index >= 15 is 0 Å². The van der Waals surface area contributed by atoms with Crippen molar-refractivity contribution in [1.82, 2.24) is 14.5 Å². The second-order valence-corrected chi connectivity index (χ2v) is 6.59. The minimum Gasteiger partial charge on any atom is -0.441 e. The Hall–Kier alpha value is -1.88. The highest BCUT2D eigenvalue weighted by Crippen LogP contribution is 2.35. The molecule has 23 heavy (non-hydrogen) atoms. The lowest BCUT2D eigenvalue weighted by molar-refractivity contribution is 0.531. The predicted molar refractivity (Wildman–Crippen MR) is 89.4 cm³/mol. The van der Waals surface area contributed by atoms with Crippen LogP contribution in [0.25, 0.3) is 22.5 Å². The maximum atomic E-state index is 14.5. The van der Waals surface area contributed by atoms with Crippen LogP contribution in [0.3, 0.4) is 0 Å². The largest absolute Gasteiger partial charge is 0.441 e. The number of halogens is 2. The Morgan fingerprint density at radius 3 is 2.43 bits per heavy atom. The van der Waals surface area contributed by atoms with Gasteiger partial charge in [-0.2, -0.15) is 0 Å². The molecule has 0 atom stereocenters. The quantitative estimate of drug-likeness (QED) is 0.635. The summed E-state index contributed by atoms with van der Waals surface area (Å²) in [4.78, 5) is 8.82. The first-order chi connectivity index (χ1) is 10.8. The summed E-state index contributed by atoms with van der Waals surface area (Å²) in [6.45, 7) is 9.89. The molecule has 6 heteroatoms. The van der Waals surface area contributed by atoms with E-state index in [1.807, 2.05) is 39.2 Å². The number of aryl methyl sites for hydroxylation is 1. The maximum absolute atomic E-state index is 14.5. The van der Waals surface area contributed by atoms with Crippen molar-refractivity contribution in [3.05, 3.63) is 34.7 Å². The number of benzene rings is 1. The van der Waals surface area contributed by atoms with E-state index in [-0.39, 0.29) is 23.4 Å². The van der Waals surface area contributed by atoms with Crippen molar-refractivity contribution in [2.24, 2.45) is 0 Å². The van der Waals surface area contributed by atoms with Gasteiger partial charge in [-0.25, -0.2) is 14.4 Å². The van der Waals surface area contributed by atoms with Crippen molar-refractivity contribution in [2.45, 2.75) is 46.6 Å². The minimum absolute atomic E-state index is 0.114. The highest BCUT2D eigenvalue weighted by atomic mass is 35.5. The first-order valence-electron chi connectivity index (χ1n) is 7.64. The summed E-state index contributed by atoms with van der Waals surface area (Å²) < 4.78 is 22.1. The van der Waals surface area contributed by atoms with E-state index in [0.717, 1.165) is 11.2 Å². The Morgan fingerprint density at radius 1 is 1.17 bits per heavy atom. The van der Waals surface area contributed by atoms with Gasteiger partial charge in [0.2, 0.25) is 11.2 Å². The summed E-state index contributed by atoms with van der Waals surface area (Å²) in [5.74, 6) is 0.728. The molecular formula is C17H19ClFN3O. The van der Waals surface area contributed by atoms with Gasteiger partial charge < -0.3 is 8.98 Å². The zero-order chi connectivity index (χ0) is 16.9. The molecule has 0 saturated carbocycles. The van der Waals surface area contributed by atoms with Crippen molar-refractivity contribution in [3.63, 3.8) is 0 Å². The van der Waals surface area contributed by atoms with E-state index in [4.69, 9.17) is 16.0 Å². The molecule has 3 rings (SSSR count). The molecule has 0 saturated heterocycles. The summed E-state index contributed by atoms with van der Waals surface area (Å²) >= 11 is 6.24. The molecule has 0 radical (unpaired) electrons. The van der Waals surface area contributed by atoms with Crippen molar-refractivity contribution in [3.8, 4) is 11.5 Å². The van der Waals surface area contributed by atoms with Crippen molar-refractivity contribution >= 4 is 22.6 Å². The number of rotatable bonds is 3. The van der Waals surface area contributed by atoms with Gasteiger partial charge in [0.1, 0.15) is 22.7 Å². The molecule has 0 N–H and O–H groups in total. The summed E-state index contributed by atoms with van der Waals surface area (Å²) in [5.41, 5.74) is 2.33. The second kappa shape index (κ2) is 5.64. The van der Waals surface area contributed by atoms with Gasteiger partial charge in [-0.1, -0.05) is 13.8 Å². The highest BCUT2D eigenvalue weighted by Gasteiger charge is 2.23. The van der Waals surface area contributed by atoms with Crippen LogP contribution in [-0.4, -0.2) is 14.5 Å². The first kappa shape index (κ1) is 16.0. The van der Waals surface area contributed by atoms with Gasteiger partial charge in [0.15, 0.2) is 0 Å². The predicted octanol–water partition coefficient (Wildman–Crippen LogP) is 5.50. The molecule has 0 fully saturated rings. The normalized spacial score (nSPS) is 12.0. The van der Waals surface area contributed by atoms with Crippen LogP contribution in [0.1, 0.15) is 51.1 Å². The van der Waals surface area contributed by atoms with Crippen LogP contribution in [0, 0.1) is 12.7 Å². The topological polar surface area (TPSA) is 43.9 Å². The molecule has 0 unspecified atom stereocenters. The lowest BCUT2D eigenvalue weighted by Crippen LogP contribution is -2.00. The smallest absolute Gasteiger partial charge is 0.231 e. The van der Waals surface area contributed by atoms with E-state index in [2.05, 4.69) is 9.97 Å². The minimum atomic E-state index is -0.417. The molecular weight excluding hydrogens is 317 g/mol. The molecule has 4 nitrogen and oxygen atoms in total. The average Bonchev–Trinajstić information content (AvgIpc) is 2.98. The van der Waals surface area contributed by atoms with Gasteiger partial charge in [-0.3, -0.25) is 0 Å². The zero-order valence-electron chi connectivity index (χ0n) is 13.8. The second-order valence-electron chi connectivity index (χ2n) is 6.25. The Labute approximate surface area is 139 Å². The van der Waals surface area contributed by atoms with Gasteiger partial charge in [-0.05, 0) is 50.4 Å². The van der Waals surface area contributed by atoms with E-state index < -0.39 is 5.82 Å². The molecule has 0 bridgehead atoms. The van der Waals surface area contributed by atoms with Crippen LogP contribution in [0.15, 0.2) is 16.5 Å². The summed E-state index contributed by atoms with van der Waals surface area (Å²) in [6, 6.07) is 3.21. The molecule has 3 aromatic rings. The van der Waals surface area contributed by atoms with Gasteiger partial charge in [0.25, 0.3) is 0 Å². The van der Waals surface area contributed by atoms with Gasteiger partial charge in [0, 0.05) is 6.04 Å². The Bertz CT molecular complexity index is 880. The summed E-state index contributed by atoms with van der Waals surface area (Å²) in [7, 11) is 0.